The molecule has 2 N–H and O–H groups in total. The molecule has 0 aliphatic carbocycles. The molecule has 0 saturated heterocycles. The van der Waals surface area contributed by atoms with Crippen LogP contribution in [0.1, 0.15) is 28.9 Å². The molecule has 0 spiro atoms. The monoisotopic (exact) mass is 310 g/mol. The van der Waals surface area contributed by atoms with Crippen molar-refractivity contribution >= 4 is 16.8 Å². The van der Waals surface area contributed by atoms with Gasteiger partial charge in [-0.1, -0.05) is 24.3 Å². The van der Waals surface area contributed by atoms with E-state index in [2.05, 4.69) is 10.3 Å². The Balaban J connectivity index is 1.73. The maximum atomic E-state index is 12.3. The molecule has 1 atom stereocenters. The number of nitrogens with one attached hydrogen (secondary N) is 1. The predicted molar refractivity (Wildman–Crippen MR) is 87.1 cm³/mol. The first-order valence-electron chi connectivity index (χ1n) is 7.39. The van der Waals surface area contributed by atoms with Crippen LogP contribution < -0.4 is 5.32 Å². The number of hydrogen-bond donors (Lipinski definition) is 2. The maximum absolute atomic E-state index is 12.3. The average molecular weight is 310 g/mol. The Bertz CT molecular complexity index is 852. The number of furan rings is 1. The number of aliphatic hydroxyl groups is 1. The highest BCUT2D eigenvalue weighted by molar-refractivity contribution is 5.94. The van der Waals surface area contributed by atoms with Crippen LogP contribution in [0.3, 0.4) is 0 Å². The summed E-state index contributed by atoms with van der Waals surface area (Å²) in [5.74, 6) is 0.795. The van der Waals surface area contributed by atoms with Crippen molar-refractivity contribution in [2.24, 2.45) is 0 Å². The lowest BCUT2D eigenvalue weighted by atomic mass is 10.0. The van der Waals surface area contributed by atoms with E-state index in [1.807, 2.05) is 30.3 Å². The van der Waals surface area contributed by atoms with Crippen molar-refractivity contribution in [1.82, 2.24) is 10.3 Å². The number of benzene rings is 1. The van der Waals surface area contributed by atoms with Crippen molar-refractivity contribution in [1.29, 1.82) is 0 Å². The number of hydrogen-bond acceptors (Lipinski definition) is 4. The molecule has 118 valence electrons. The zero-order valence-electron chi connectivity index (χ0n) is 13.0. The zero-order valence-corrected chi connectivity index (χ0v) is 13.0. The van der Waals surface area contributed by atoms with Gasteiger partial charge in [-0.05, 0) is 38.1 Å². The van der Waals surface area contributed by atoms with Gasteiger partial charge in [-0.2, -0.15) is 0 Å². The van der Waals surface area contributed by atoms with Crippen molar-refractivity contribution in [3.8, 4) is 0 Å². The summed E-state index contributed by atoms with van der Waals surface area (Å²) in [6, 6.07) is 14.6. The molecule has 0 radical (unpaired) electrons. The van der Waals surface area contributed by atoms with E-state index in [4.69, 9.17) is 4.42 Å². The van der Waals surface area contributed by atoms with Gasteiger partial charge in [0.2, 0.25) is 0 Å². The number of para-hydroxylation sites is 1. The normalized spacial score (nSPS) is 13.7. The van der Waals surface area contributed by atoms with Crippen LogP contribution in [-0.4, -0.2) is 22.5 Å². The summed E-state index contributed by atoms with van der Waals surface area (Å²) in [7, 11) is 0. The Morgan fingerprint density at radius 3 is 2.74 bits per heavy atom. The zero-order chi connectivity index (χ0) is 16.4. The fourth-order valence-corrected chi connectivity index (χ4v) is 2.35. The van der Waals surface area contributed by atoms with E-state index in [-0.39, 0.29) is 12.5 Å². The van der Waals surface area contributed by atoms with Gasteiger partial charge in [-0.3, -0.25) is 4.79 Å². The molecule has 23 heavy (non-hydrogen) atoms. The van der Waals surface area contributed by atoms with Gasteiger partial charge in [-0.25, -0.2) is 4.98 Å². The van der Waals surface area contributed by atoms with Crippen LogP contribution in [0.4, 0.5) is 0 Å². The number of amides is 1. The van der Waals surface area contributed by atoms with Gasteiger partial charge in [0.25, 0.3) is 5.91 Å². The summed E-state index contributed by atoms with van der Waals surface area (Å²) in [6.07, 6.45) is 0. The van der Waals surface area contributed by atoms with Gasteiger partial charge < -0.3 is 14.8 Å². The number of rotatable bonds is 4. The summed E-state index contributed by atoms with van der Waals surface area (Å²) in [6.45, 7) is 3.43. The largest absolute Gasteiger partial charge is 0.463 e. The molecule has 3 aromatic rings. The Labute approximate surface area is 134 Å². The highest BCUT2D eigenvalue weighted by atomic mass is 16.4. The van der Waals surface area contributed by atoms with Crippen LogP contribution in [0.25, 0.3) is 10.9 Å². The van der Waals surface area contributed by atoms with E-state index in [1.165, 1.54) is 0 Å². The van der Waals surface area contributed by atoms with Crippen molar-refractivity contribution in [3.05, 3.63) is 65.7 Å². The lowest BCUT2D eigenvalue weighted by molar-refractivity contribution is 0.0322. The van der Waals surface area contributed by atoms with Crippen LogP contribution in [-0.2, 0) is 5.60 Å². The number of carbonyl (C=O) groups excluding carboxylic acids is 1. The highest BCUT2D eigenvalue weighted by Crippen LogP contribution is 2.22. The third-order valence-corrected chi connectivity index (χ3v) is 3.70. The number of aryl methyl sites for hydroxylation is 1. The second kappa shape index (κ2) is 5.85. The van der Waals surface area contributed by atoms with Gasteiger partial charge in [0, 0.05) is 5.39 Å². The summed E-state index contributed by atoms with van der Waals surface area (Å²) >= 11 is 0. The Kier molecular flexibility index (Phi) is 3.88. The van der Waals surface area contributed by atoms with Gasteiger partial charge >= 0.3 is 0 Å². The maximum Gasteiger partial charge on any atom is 0.270 e. The second-order valence-electron chi connectivity index (χ2n) is 5.76. The molecule has 2 aromatic heterocycles. The van der Waals surface area contributed by atoms with E-state index in [1.54, 1.807) is 32.0 Å². The average Bonchev–Trinajstić information content (AvgIpc) is 2.99. The second-order valence-corrected chi connectivity index (χ2v) is 5.76. The molecule has 0 aliphatic rings. The fourth-order valence-electron chi connectivity index (χ4n) is 2.35. The van der Waals surface area contributed by atoms with Gasteiger partial charge in [-0.15, -0.1) is 0 Å². The molecular formula is C18H18N2O3. The minimum atomic E-state index is -1.28. The number of fused-ring (bicyclic) bond motifs is 1. The van der Waals surface area contributed by atoms with Crippen LogP contribution in [0.5, 0.6) is 0 Å². The molecule has 3 rings (SSSR count). The molecule has 0 fully saturated rings. The molecule has 1 amide bonds. The van der Waals surface area contributed by atoms with E-state index < -0.39 is 5.60 Å². The number of nitrogens with zero attached hydrogens (tertiary/aromatic N) is 1. The topological polar surface area (TPSA) is 75.4 Å². The van der Waals surface area contributed by atoms with Crippen LogP contribution in [0.15, 0.2) is 52.9 Å². The third-order valence-electron chi connectivity index (χ3n) is 3.70. The quantitative estimate of drug-likeness (QED) is 0.777. The van der Waals surface area contributed by atoms with Crippen molar-refractivity contribution in [3.63, 3.8) is 0 Å². The fraction of sp³-hybridized carbons (Fsp3) is 0.222. The van der Waals surface area contributed by atoms with Crippen molar-refractivity contribution in [2.45, 2.75) is 19.4 Å². The summed E-state index contributed by atoms with van der Waals surface area (Å²) < 4.78 is 5.43. The van der Waals surface area contributed by atoms with Crippen LogP contribution in [0.2, 0.25) is 0 Å². The summed E-state index contributed by atoms with van der Waals surface area (Å²) in [4.78, 5) is 16.6. The summed E-state index contributed by atoms with van der Waals surface area (Å²) in [5.41, 5.74) is -0.204. The highest BCUT2D eigenvalue weighted by Gasteiger charge is 2.27. The molecule has 1 unspecified atom stereocenters. The van der Waals surface area contributed by atoms with E-state index >= 15 is 0 Å². The Morgan fingerprint density at radius 2 is 2.00 bits per heavy atom. The standard InChI is InChI=1S/C18H18N2O3/c1-12-7-10-16(23-12)18(2,22)11-19-17(21)15-9-8-13-5-3-4-6-14(13)20-15/h3-10,22H,11H2,1-2H3,(H,19,21). The minimum absolute atomic E-state index is 0.0350. The predicted octanol–water partition coefficient (Wildman–Crippen LogP) is 2.77. The Morgan fingerprint density at radius 1 is 1.22 bits per heavy atom. The number of carbonyl (C=O) groups is 1. The number of aromatic nitrogens is 1. The van der Waals surface area contributed by atoms with E-state index in [9.17, 15) is 9.90 Å². The van der Waals surface area contributed by atoms with Crippen molar-refractivity contribution in [2.75, 3.05) is 6.54 Å². The SMILES string of the molecule is Cc1ccc(C(C)(O)CNC(=O)c2ccc3ccccc3n2)o1. The first-order chi connectivity index (χ1) is 11.0. The smallest absolute Gasteiger partial charge is 0.270 e. The molecule has 2 heterocycles. The van der Waals surface area contributed by atoms with E-state index in [0.29, 0.717) is 17.2 Å². The lowest BCUT2D eigenvalue weighted by Gasteiger charge is -2.21. The molecule has 5 nitrogen and oxygen atoms in total. The molecule has 5 heteroatoms. The van der Waals surface area contributed by atoms with E-state index in [0.717, 1.165) is 10.9 Å². The third kappa shape index (κ3) is 3.24. The van der Waals surface area contributed by atoms with Crippen LogP contribution >= 0.6 is 0 Å². The lowest BCUT2D eigenvalue weighted by Crippen LogP contribution is -2.38. The number of pyridine rings is 1. The molecule has 0 aliphatic heterocycles. The van der Waals surface area contributed by atoms with Crippen LogP contribution in [0, 0.1) is 6.92 Å². The van der Waals surface area contributed by atoms with Gasteiger partial charge in [0.15, 0.2) is 0 Å². The van der Waals surface area contributed by atoms with Crippen molar-refractivity contribution < 1.29 is 14.3 Å². The first kappa shape index (κ1) is 15.2. The molecule has 1 aromatic carbocycles. The Hall–Kier alpha value is -2.66. The van der Waals surface area contributed by atoms with Gasteiger partial charge in [0.1, 0.15) is 22.8 Å². The molecule has 0 bridgehead atoms. The molecular weight excluding hydrogens is 292 g/mol. The summed E-state index contributed by atoms with van der Waals surface area (Å²) in [5, 5.41) is 14.1. The molecule has 0 saturated carbocycles. The first-order valence-corrected chi connectivity index (χ1v) is 7.39. The van der Waals surface area contributed by atoms with Gasteiger partial charge in [0.05, 0.1) is 12.1 Å². The minimum Gasteiger partial charge on any atom is -0.463 e.